The van der Waals surface area contributed by atoms with Gasteiger partial charge in [0.1, 0.15) is 0 Å². The van der Waals surface area contributed by atoms with Gasteiger partial charge in [-0.15, -0.1) is 0 Å². The summed E-state index contributed by atoms with van der Waals surface area (Å²) in [5.41, 5.74) is 0. The van der Waals surface area contributed by atoms with Crippen molar-refractivity contribution in [1.29, 1.82) is 0 Å². The van der Waals surface area contributed by atoms with Crippen LogP contribution in [0.15, 0.2) is 0 Å². The Morgan fingerprint density at radius 1 is 1.64 bits per heavy atom. The molecule has 0 radical (unpaired) electrons. The minimum Gasteiger partial charge on any atom is -0.469 e. The van der Waals surface area contributed by atoms with Gasteiger partial charge in [0.2, 0.25) is 0 Å². The minimum atomic E-state index is -0.230. The quantitative estimate of drug-likeness (QED) is 0.680. The summed E-state index contributed by atoms with van der Waals surface area (Å²) in [7, 11) is 1.38. The average molecular weight is 202 g/mol. The molecule has 0 aromatic carbocycles. The zero-order valence-corrected chi connectivity index (χ0v) is 8.73. The monoisotopic (exact) mass is 202 g/mol. The lowest BCUT2D eigenvalue weighted by Crippen LogP contribution is -2.37. The van der Waals surface area contributed by atoms with Crippen molar-refractivity contribution in [2.75, 3.05) is 20.3 Å². The van der Waals surface area contributed by atoms with Gasteiger partial charge in [0.15, 0.2) is 0 Å². The molecule has 0 saturated carbocycles. The lowest BCUT2D eigenvalue weighted by molar-refractivity contribution is -0.146. The smallest absolute Gasteiger partial charge is 0.305 e. The van der Waals surface area contributed by atoms with E-state index in [1.165, 1.54) is 7.11 Å². The highest BCUT2D eigenvalue weighted by Crippen LogP contribution is 2.27. The number of esters is 1. The average Bonchev–Trinajstić information content (AvgIpc) is 2.18. The molecule has 4 heteroatoms. The molecular formula is C10H18O4. The van der Waals surface area contributed by atoms with Crippen LogP contribution in [0, 0.1) is 11.8 Å². The van der Waals surface area contributed by atoms with Crippen molar-refractivity contribution >= 4 is 5.97 Å². The van der Waals surface area contributed by atoms with Crippen LogP contribution in [0.1, 0.15) is 19.8 Å². The molecule has 0 bridgehead atoms. The highest BCUT2D eigenvalue weighted by Gasteiger charge is 2.30. The number of aliphatic hydroxyl groups excluding tert-OH is 1. The third kappa shape index (κ3) is 2.96. The molecule has 0 aromatic heterocycles. The zero-order valence-electron chi connectivity index (χ0n) is 8.73. The Hall–Kier alpha value is -0.610. The summed E-state index contributed by atoms with van der Waals surface area (Å²) < 4.78 is 10.0. The Bertz CT molecular complexity index is 193. The Kier molecular flexibility index (Phi) is 4.35. The van der Waals surface area contributed by atoms with E-state index in [1.54, 1.807) is 0 Å². The number of hydrogen-bond acceptors (Lipinski definition) is 4. The number of carbonyl (C=O) groups is 1. The molecular weight excluding hydrogens is 184 g/mol. The summed E-state index contributed by atoms with van der Waals surface area (Å²) in [5.74, 6) is 0.315. The Labute approximate surface area is 84.2 Å². The number of ether oxygens (including phenoxy) is 2. The van der Waals surface area contributed by atoms with Gasteiger partial charge >= 0.3 is 5.97 Å². The third-order valence-corrected chi connectivity index (χ3v) is 2.66. The van der Waals surface area contributed by atoms with E-state index in [0.717, 1.165) is 6.42 Å². The second kappa shape index (κ2) is 5.32. The fourth-order valence-electron chi connectivity index (χ4n) is 1.87. The molecule has 0 spiro atoms. The number of carbonyl (C=O) groups excluding carboxylic acids is 1. The fraction of sp³-hybridized carbons (Fsp3) is 0.900. The zero-order chi connectivity index (χ0) is 10.6. The molecule has 0 aliphatic carbocycles. The van der Waals surface area contributed by atoms with Crippen molar-refractivity contribution in [2.24, 2.45) is 11.8 Å². The molecule has 1 saturated heterocycles. The van der Waals surface area contributed by atoms with Crippen molar-refractivity contribution < 1.29 is 19.4 Å². The SMILES string of the molecule is COC(=O)CC1C[C@H](C)CO[C@@H]1CO. The van der Waals surface area contributed by atoms with E-state index in [-0.39, 0.29) is 24.6 Å². The maximum Gasteiger partial charge on any atom is 0.305 e. The van der Waals surface area contributed by atoms with Crippen LogP contribution in [-0.2, 0) is 14.3 Å². The molecule has 3 atom stereocenters. The summed E-state index contributed by atoms with van der Waals surface area (Å²) in [4.78, 5) is 11.1. The molecule has 1 aliphatic rings. The van der Waals surface area contributed by atoms with Gasteiger partial charge in [-0.2, -0.15) is 0 Å². The van der Waals surface area contributed by atoms with Crippen LogP contribution in [-0.4, -0.2) is 37.5 Å². The van der Waals surface area contributed by atoms with E-state index in [2.05, 4.69) is 11.7 Å². The van der Waals surface area contributed by atoms with Crippen molar-refractivity contribution in [3.8, 4) is 0 Å². The first-order valence-corrected chi connectivity index (χ1v) is 4.96. The van der Waals surface area contributed by atoms with E-state index in [4.69, 9.17) is 9.84 Å². The second-order valence-electron chi connectivity index (χ2n) is 3.94. The van der Waals surface area contributed by atoms with E-state index in [9.17, 15) is 4.79 Å². The summed E-state index contributed by atoms with van der Waals surface area (Å²) in [6.07, 6.45) is 1.05. The Morgan fingerprint density at radius 2 is 2.36 bits per heavy atom. The van der Waals surface area contributed by atoms with Gasteiger partial charge in [0.05, 0.1) is 26.2 Å². The van der Waals surface area contributed by atoms with Gasteiger partial charge in [0, 0.05) is 6.61 Å². The van der Waals surface area contributed by atoms with Gasteiger partial charge in [-0.3, -0.25) is 4.79 Å². The lowest BCUT2D eigenvalue weighted by atomic mass is 9.86. The van der Waals surface area contributed by atoms with E-state index in [0.29, 0.717) is 18.9 Å². The van der Waals surface area contributed by atoms with Crippen LogP contribution < -0.4 is 0 Å². The van der Waals surface area contributed by atoms with E-state index >= 15 is 0 Å². The minimum absolute atomic E-state index is 0.0195. The first kappa shape index (κ1) is 11.5. The maximum atomic E-state index is 11.1. The summed E-state index contributed by atoms with van der Waals surface area (Å²) in [6.45, 7) is 2.73. The second-order valence-corrected chi connectivity index (χ2v) is 3.94. The highest BCUT2D eigenvalue weighted by molar-refractivity contribution is 5.69. The van der Waals surface area contributed by atoms with Crippen LogP contribution in [0.3, 0.4) is 0 Å². The molecule has 1 unspecified atom stereocenters. The molecule has 0 aromatic rings. The van der Waals surface area contributed by atoms with Gasteiger partial charge in [-0.1, -0.05) is 6.92 Å². The summed E-state index contributed by atoms with van der Waals surface area (Å²) in [6, 6.07) is 0. The van der Waals surface area contributed by atoms with Gasteiger partial charge in [-0.25, -0.2) is 0 Å². The summed E-state index contributed by atoms with van der Waals surface area (Å²) in [5, 5.41) is 9.06. The molecule has 1 N–H and O–H groups in total. The first-order chi connectivity index (χ1) is 6.67. The molecule has 0 amide bonds. The maximum absolute atomic E-state index is 11.1. The van der Waals surface area contributed by atoms with Crippen molar-refractivity contribution in [1.82, 2.24) is 0 Å². The van der Waals surface area contributed by atoms with Gasteiger partial charge in [0.25, 0.3) is 0 Å². The predicted octanol–water partition coefficient (Wildman–Crippen LogP) is 0.583. The number of hydrogen-bond donors (Lipinski definition) is 1. The molecule has 1 rings (SSSR count). The summed E-state index contributed by atoms with van der Waals surface area (Å²) >= 11 is 0. The third-order valence-electron chi connectivity index (χ3n) is 2.66. The van der Waals surface area contributed by atoms with Crippen molar-refractivity contribution in [3.05, 3.63) is 0 Å². The van der Waals surface area contributed by atoms with Crippen molar-refractivity contribution in [3.63, 3.8) is 0 Å². The van der Waals surface area contributed by atoms with Crippen molar-refractivity contribution in [2.45, 2.75) is 25.9 Å². The number of aliphatic hydroxyl groups is 1. The van der Waals surface area contributed by atoms with E-state index in [1.807, 2.05) is 0 Å². The van der Waals surface area contributed by atoms with Crippen LogP contribution in [0.25, 0.3) is 0 Å². The van der Waals surface area contributed by atoms with Gasteiger partial charge < -0.3 is 14.6 Å². The molecule has 1 heterocycles. The topological polar surface area (TPSA) is 55.8 Å². The predicted molar refractivity (Wildman–Crippen MR) is 50.7 cm³/mol. The lowest BCUT2D eigenvalue weighted by Gasteiger charge is -2.33. The molecule has 14 heavy (non-hydrogen) atoms. The molecule has 1 aliphatic heterocycles. The largest absolute Gasteiger partial charge is 0.469 e. The number of methoxy groups -OCH3 is 1. The fourth-order valence-corrected chi connectivity index (χ4v) is 1.87. The van der Waals surface area contributed by atoms with Crippen LogP contribution in [0.2, 0.25) is 0 Å². The van der Waals surface area contributed by atoms with Crippen LogP contribution >= 0.6 is 0 Å². The standard InChI is InChI=1S/C10H18O4/c1-7-3-8(4-10(12)13-2)9(5-11)14-6-7/h7-9,11H,3-6H2,1-2H3/t7-,8?,9+/m0/s1. The number of rotatable bonds is 3. The molecule has 1 fully saturated rings. The van der Waals surface area contributed by atoms with Crippen LogP contribution in [0.4, 0.5) is 0 Å². The highest BCUT2D eigenvalue weighted by atomic mass is 16.5. The van der Waals surface area contributed by atoms with Crippen LogP contribution in [0.5, 0.6) is 0 Å². The first-order valence-electron chi connectivity index (χ1n) is 4.96. The van der Waals surface area contributed by atoms with Gasteiger partial charge in [-0.05, 0) is 18.3 Å². The Morgan fingerprint density at radius 3 is 2.93 bits per heavy atom. The Balaban J connectivity index is 2.48. The molecule has 82 valence electrons. The van der Waals surface area contributed by atoms with E-state index < -0.39 is 0 Å². The molecule has 4 nitrogen and oxygen atoms in total. The normalized spacial score (nSPS) is 32.6.